The Kier molecular flexibility index (Phi) is 6.58. The van der Waals surface area contributed by atoms with Gasteiger partial charge in [0.1, 0.15) is 11.4 Å². The molecule has 0 atom stereocenters. The van der Waals surface area contributed by atoms with Crippen molar-refractivity contribution in [2.24, 2.45) is 0 Å². The van der Waals surface area contributed by atoms with E-state index in [1.807, 2.05) is 0 Å². The molecule has 1 aromatic rings. The first kappa shape index (κ1) is 17.7. The normalized spacial score (nSPS) is 11.2. The molecule has 0 radical (unpaired) electrons. The third-order valence-electron chi connectivity index (χ3n) is 2.48. The topological polar surface area (TPSA) is 75.6 Å². The molecule has 0 aliphatic heterocycles. The number of aliphatic hydroxyl groups excluding tert-OH is 1. The summed E-state index contributed by atoms with van der Waals surface area (Å²) < 4.78 is 44.6. The van der Waals surface area contributed by atoms with Crippen LogP contribution in [0.25, 0.3) is 0 Å². The second-order valence-electron chi connectivity index (χ2n) is 4.03. The highest BCUT2D eigenvalue weighted by Crippen LogP contribution is 2.18. The van der Waals surface area contributed by atoms with Crippen LogP contribution in [-0.4, -0.2) is 36.6 Å². The second-order valence-corrected chi connectivity index (χ2v) is 4.03. The maximum Gasteiger partial charge on any atom is 0.343 e. The summed E-state index contributed by atoms with van der Waals surface area (Å²) in [6.07, 6.45) is 0.902. The molecule has 0 unspecified atom stereocenters. The lowest BCUT2D eigenvalue weighted by Crippen LogP contribution is -2.22. The molecule has 0 fully saturated rings. The first-order valence-electron chi connectivity index (χ1n) is 6.33. The Morgan fingerprint density at radius 1 is 1.32 bits per heavy atom. The first-order valence-corrected chi connectivity index (χ1v) is 6.33. The summed E-state index contributed by atoms with van der Waals surface area (Å²) in [5.41, 5.74) is -1.57. The minimum absolute atomic E-state index is 0.0101. The van der Waals surface area contributed by atoms with Crippen LogP contribution in [0, 0.1) is 17.5 Å². The van der Waals surface area contributed by atoms with Crippen molar-refractivity contribution in [1.82, 2.24) is 5.32 Å². The van der Waals surface area contributed by atoms with Gasteiger partial charge in [0.15, 0.2) is 11.6 Å². The first-order chi connectivity index (χ1) is 10.4. The summed E-state index contributed by atoms with van der Waals surface area (Å²) in [7, 11) is 0. The van der Waals surface area contributed by atoms with E-state index in [0.29, 0.717) is 6.07 Å². The van der Waals surface area contributed by atoms with E-state index < -0.39 is 40.3 Å². The number of aliphatic hydroxyl groups is 1. The Bertz CT molecular complexity index is 602. The van der Waals surface area contributed by atoms with Crippen LogP contribution in [0.5, 0.6) is 0 Å². The SMILES string of the molecule is CCOC(=O)/C(=C/NCCO)C(=O)c1cc(F)cc(F)c1F. The number of esters is 1. The van der Waals surface area contributed by atoms with Crippen molar-refractivity contribution in [2.75, 3.05) is 19.8 Å². The number of halogens is 3. The Hall–Kier alpha value is -2.35. The van der Waals surface area contributed by atoms with Gasteiger partial charge in [0.25, 0.3) is 0 Å². The number of carbonyl (C=O) groups excluding carboxylic acids is 2. The summed E-state index contributed by atoms with van der Waals surface area (Å²) >= 11 is 0. The fourth-order valence-electron chi connectivity index (χ4n) is 1.53. The van der Waals surface area contributed by atoms with Crippen molar-refractivity contribution in [3.8, 4) is 0 Å². The Morgan fingerprint density at radius 3 is 2.59 bits per heavy atom. The van der Waals surface area contributed by atoms with E-state index in [0.717, 1.165) is 6.20 Å². The van der Waals surface area contributed by atoms with Crippen LogP contribution in [0.4, 0.5) is 13.2 Å². The van der Waals surface area contributed by atoms with Crippen LogP contribution in [0.3, 0.4) is 0 Å². The fourth-order valence-corrected chi connectivity index (χ4v) is 1.53. The van der Waals surface area contributed by atoms with E-state index in [4.69, 9.17) is 5.11 Å². The molecular weight excluding hydrogens is 303 g/mol. The van der Waals surface area contributed by atoms with Gasteiger partial charge in [-0.05, 0) is 13.0 Å². The fraction of sp³-hybridized carbons (Fsp3) is 0.286. The largest absolute Gasteiger partial charge is 0.462 e. The third-order valence-corrected chi connectivity index (χ3v) is 2.48. The molecule has 0 bridgehead atoms. The predicted molar refractivity (Wildman–Crippen MR) is 70.5 cm³/mol. The maximum atomic E-state index is 13.6. The van der Waals surface area contributed by atoms with E-state index in [-0.39, 0.29) is 25.8 Å². The zero-order valence-electron chi connectivity index (χ0n) is 11.7. The van der Waals surface area contributed by atoms with Crippen molar-refractivity contribution < 1.29 is 32.6 Å². The van der Waals surface area contributed by atoms with Gasteiger partial charge in [-0.3, -0.25) is 4.79 Å². The molecule has 22 heavy (non-hydrogen) atoms. The van der Waals surface area contributed by atoms with Crippen LogP contribution in [0.2, 0.25) is 0 Å². The lowest BCUT2D eigenvalue weighted by atomic mass is 10.0. The number of carbonyl (C=O) groups is 2. The quantitative estimate of drug-likeness (QED) is 0.151. The molecule has 0 saturated carbocycles. The van der Waals surface area contributed by atoms with Gasteiger partial charge in [0.2, 0.25) is 5.78 Å². The lowest BCUT2D eigenvalue weighted by Gasteiger charge is -2.08. The summed E-state index contributed by atoms with van der Waals surface area (Å²) in [5.74, 6) is -6.59. The van der Waals surface area contributed by atoms with Crippen molar-refractivity contribution in [2.45, 2.75) is 6.92 Å². The number of Topliss-reactive ketones (excluding diaryl/α,β-unsaturated/α-hetero) is 1. The number of hydrogen-bond acceptors (Lipinski definition) is 5. The standard InChI is InChI=1S/C14H14F3NO4/c1-2-22-14(21)10(7-18-3-4-19)13(20)9-5-8(15)6-11(16)12(9)17/h5-7,18-19H,2-4H2,1H3/b10-7+. The minimum atomic E-state index is -1.57. The Morgan fingerprint density at radius 2 is 2.00 bits per heavy atom. The number of ketones is 1. The highest BCUT2D eigenvalue weighted by atomic mass is 19.2. The van der Waals surface area contributed by atoms with Gasteiger partial charge in [-0.2, -0.15) is 0 Å². The molecule has 0 amide bonds. The van der Waals surface area contributed by atoms with Crippen LogP contribution in [0.15, 0.2) is 23.9 Å². The highest BCUT2D eigenvalue weighted by Gasteiger charge is 2.26. The Labute approximate surface area is 124 Å². The van der Waals surface area contributed by atoms with Crippen LogP contribution in [0.1, 0.15) is 17.3 Å². The molecular formula is C14H14F3NO4. The summed E-state index contributed by atoms with van der Waals surface area (Å²) in [6, 6.07) is 0.768. The van der Waals surface area contributed by atoms with E-state index in [1.165, 1.54) is 6.92 Å². The van der Waals surface area contributed by atoms with Crippen molar-refractivity contribution >= 4 is 11.8 Å². The van der Waals surface area contributed by atoms with Gasteiger partial charge in [-0.25, -0.2) is 18.0 Å². The molecule has 0 aliphatic rings. The van der Waals surface area contributed by atoms with E-state index in [2.05, 4.69) is 10.1 Å². The number of rotatable bonds is 7. The van der Waals surface area contributed by atoms with Gasteiger partial charge < -0.3 is 15.2 Å². The van der Waals surface area contributed by atoms with Gasteiger partial charge in [0, 0.05) is 18.8 Å². The summed E-state index contributed by atoms with van der Waals surface area (Å²) in [4.78, 5) is 23.8. The minimum Gasteiger partial charge on any atom is -0.462 e. The molecule has 2 N–H and O–H groups in total. The van der Waals surface area contributed by atoms with Crippen LogP contribution in [-0.2, 0) is 9.53 Å². The molecule has 0 aliphatic carbocycles. The summed E-state index contributed by atoms with van der Waals surface area (Å²) in [6.45, 7) is 1.16. The zero-order valence-corrected chi connectivity index (χ0v) is 11.7. The van der Waals surface area contributed by atoms with Gasteiger partial charge in [0.05, 0.1) is 18.8 Å². The van der Waals surface area contributed by atoms with E-state index in [1.54, 1.807) is 0 Å². The van der Waals surface area contributed by atoms with E-state index >= 15 is 0 Å². The van der Waals surface area contributed by atoms with Gasteiger partial charge >= 0.3 is 5.97 Å². The number of benzene rings is 1. The van der Waals surface area contributed by atoms with Crippen LogP contribution >= 0.6 is 0 Å². The van der Waals surface area contributed by atoms with Crippen molar-refractivity contribution in [3.05, 3.63) is 46.9 Å². The zero-order chi connectivity index (χ0) is 16.7. The summed E-state index contributed by atoms with van der Waals surface area (Å²) in [5, 5.41) is 11.1. The molecule has 1 rings (SSSR count). The average Bonchev–Trinajstić information content (AvgIpc) is 2.47. The smallest absolute Gasteiger partial charge is 0.343 e. The number of nitrogens with one attached hydrogen (secondary N) is 1. The average molecular weight is 317 g/mol. The van der Waals surface area contributed by atoms with Gasteiger partial charge in [-0.15, -0.1) is 0 Å². The molecule has 1 aromatic carbocycles. The predicted octanol–water partition coefficient (Wildman–Crippen LogP) is 1.32. The van der Waals surface area contributed by atoms with Crippen molar-refractivity contribution in [1.29, 1.82) is 0 Å². The monoisotopic (exact) mass is 317 g/mol. The highest BCUT2D eigenvalue weighted by molar-refractivity contribution is 6.24. The maximum absolute atomic E-state index is 13.6. The molecule has 0 saturated heterocycles. The third kappa shape index (κ3) is 4.32. The molecule has 120 valence electrons. The molecule has 0 heterocycles. The van der Waals surface area contributed by atoms with E-state index in [9.17, 15) is 22.8 Å². The molecule has 8 heteroatoms. The van der Waals surface area contributed by atoms with Crippen molar-refractivity contribution in [3.63, 3.8) is 0 Å². The molecule has 5 nitrogen and oxygen atoms in total. The lowest BCUT2D eigenvalue weighted by molar-refractivity contribution is -0.138. The number of hydrogen-bond donors (Lipinski definition) is 2. The Balaban J connectivity index is 3.22. The van der Waals surface area contributed by atoms with Crippen LogP contribution < -0.4 is 5.32 Å². The molecule has 0 spiro atoms. The molecule has 0 aromatic heterocycles. The second kappa shape index (κ2) is 8.18. The van der Waals surface area contributed by atoms with Gasteiger partial charge in [-0.1, -0.05) is 0 Å². The number of ether oxygens (including phenoxy) is 1.